The minimum absolute atomic E-state index is 0. The molecule has 0 saturated carbocycles. The van der Waals surface area contributed by atoms with Crippen molar-refractivity contribution in [2.75, 3.05) is 14.1 Å². The summed E-state index contributed by atoms with van der Waals surface area (Å²) in [4.78, 5) is 1.76. The van der Waals surface area contributed by atoms with Crippen molar-refractivity contribution in [2.24, 2.45) is 0 Å². The van der Waals surface area contributed by atoms with E-state index >= 15 is 0 Å². The van der Waals surface area contributed by atoms with Crippen LogP contribution in [0.15, 0.2) is 0 Å². The first-order valence-corrected chi connectivity index (χ1v) is 2.40. The van der Waals surface area contributed by atoms with Crippen LogP contribution in [-0.2, 0) is 17.1 Å². The predicted molar refractivity (Wildman–Crippen MR) is 35.3 cm³/mol. The van der Waals surface area contributed by atoms with Crippen LogP contribution in [0, 0.1) is 0 Å². The molecule has 0 aromatic rings. The first-order chi connectivity index (χ1) is 2.64. The van der Waals surface area contributed by atoms with Crippen molar-refractivity contribution in [1.29, 1.82) is 0 Å². The molecule has 0 amide bonds. The van der Waals surface area contributed by atoms with E-state index < -0.39 is 0 Å². The van der Waals surface area contributed by atoms with Crippen molar-refractivity contribution in [1.82, 2.24) is 4.90 Å². The zero-order valence-electron chi connectivity index (χ0n) is 4.18. The molecule has 0 aliphatic heterocycles. The van der Waals surface area contributed by atoms with E-state index in [1.807, 2.05) is 14.1 Å². The summed E-state index contributed by atoms with van der Waals surface area (Å²) < 4.78 is 0.620. The van der Waals surface area contributed by atoms with Gasteiger partial charge in [-0.2, -0.15) is 0 Å². The first-order valence-electron chi connectivity index (χ1n) is 1.55. The van der Waals surface area contributed by atoms with Gasteiger partial charge in [-0.25, -0.2) is 0 Å². The van der Waals surface area contributed by atoms with Gasteiger partial charge < -0.3 is 4.90 Å². The number of thiol groups is 1. The third-order valence-corrected chi connectivity index (χ3v) is 1.15. The standard InChI is InChI=1S/C3H7NS2.Mn/c1-4(2)3(5)6;/h1-2H3,(H,5,6);/q;+2. The van der Waals surface area contributed by atoms with Crippen LogP contribution in [-0.4, -0.2) is 23.3 Å². The van der Waals surface area contributed by atoms with Crippen LogP contribution >= 0.6 is 24.8 Å². The van der Waals surface area contributed by atoms with Gasteiger partial charge in [-0.3, -0.25) is 0 Å². The Labute approximate surface area is 65.3 Å². The van der Waals surface area contributed by atoms with E-state index in [9.17, 15) is 0 Å². The molecule has 0 rings (SSSR count). The van der Waals surface area contributed by atoms with Crippen LogP contribution in [0.4, 0.5) is 0 Å². The number of hydrogen-bond donors (Lipinski definition) is 1. The quantitative estimate of drug-likeness (QED) is 0.330. The Morgan fingerprint density at radius 3 is 1.71 bits per heavy atom. The molecule has 0 unspecified atom stereocenters. The number of thiocarbonyl (C=S) groups is 1. The molecule has 0 aromatic heterocycles. The molecule has 7 heavy (non-hydrogen) atoms. The number of hydrogen-bond acceptors (Lipinski definition) is 1. The summed E-state index contributed by atoms with van der Waals surface area (Å²) in [5.41, 5.74) is 0. The van der Waals surface area contributed by atoms with Crippen molar-refractivity contribution in [3.63, 3.8) is 0 Å². The zero-order chi connectivity index (χ0) is 5.15. The maximum atomic E-state index is 4.61. The van der Waals surface area contributed by atoms with Gasteiger partial charge >= 0.3 is 17.1 Å². The SMILES string of the molecule is CN(C)C(=S)S.[Mn+2]. The largest absolute Gasteiger partial charge is 2.00 e. The van der Waals surface area contributed by atoms with E-state index in [4.69, 9.17) is 0 Å². The molecule has 41 valence electrons. The maximum absolute atomic E-state index is 4.61. The van der Waals surface area contributed by atoms with E-state index in [1.54, 1.807) is 4.90 Å². The van der Waals surface area contributed by atoms with Gasteiger partial charge in [-0.15, -0.1) is 12.6 Å². The van der Waals surface area contributed by atoms with Crippen molar-refractivity contribution < 1.29 is 17.1 Å². The molecule has 4 heteroatoms. The van der Waals surface area contributed by atoms with Crippen molar-refractivity contribution >= 4 is 29.2 Å². The fourth-order valence-electron chi connectivity index (χ4n) is 0. The van der Waals surface area contributed by atoms with E-state index in [1.165, 1.54) is 0 Å². The average molecular weight is 176 g/mol. The molecule has 0 atom stereocenters. The molecule has 1 radical (unpaired) electrons. The van der Waals surface area contributed by atoms with Crippen LogP contribution < -0.4 is 0 Å². The summed E-state index contributed by atoms with van der Waals surface area (Å²) in [5, 5.41) is 0. The Morgan fingerprint density at radius 1 is 1.57 bits per heavy atom. The summed E-state index contributed by atoms with van der Waals surface area (Å²) in [6.45, 7) is 0. The van der Waals surface area contributed by atoms with Gasteiger partial charge in [-0.05, 0) is 0 Å². The second-order valence-electron chi connectivity index (χ2n) is 1.18. The van der Waals surface area contributed by atoms with Crippen LogP contribution in [0.3, 0.4) is 0 Å². The molecular weight excluding hydrogens is 169 g/mol. The molecular formula is C3H7MnNS2+2. The summed E-state index contributed by atoms with van der Waals surface area (Å²) in [5.74, 6) is 0. The van der Waals surface area contributed by atoms with Crippen LogP contribution in [0.2, 0.25) is 0 Å². The van der Waals surface area contributed by atoms with Gasteiger partial charge in [0.05, 0.1) is 0 Å². The van der Waals surface area contributed by atoms with Crippen molar-refractivity contribution in [3.05, 3.63) is 0 Å². The third-order valence-electron chi connectivity index (χ3n) is 0.383. The maximum Gasteiger partial charge on any atom is 2.00 e. The fraction of sp³-hybridized carbons (Fsp3) is 0.667. The average Bonchev–Trinajstić information content (AvgIpc) is 1.36. The fourth-order valence-corrected chi connectivity index (χ4v) is 0. The molecule has 1 nitrogen and oxygen atoms in total. The molecule has 0 fully saturated rings. The van der Waals surface area contributed by atoms with Gasteiger partial charge in [0.2, 0.25) is 0 Å². The molecule has 0 aliphatic rings. The molecule has 0 N–H and O–H groups in total. The Kier molecular flexibility index (Phi) is 7.49. The van der Waals surface area contributed by atoms with Gasteiger partial charge in [0.1, 0.15) is 4.32 Å². The molecule has 0 spiro atoms. The molecule has 0 aromatic carbocycles. The summed E-state index contributed by atoms with van der Waals surface area (Å²) in [7, 11) is 3.71. The number of rotatable bonds is 0. The number of nitrogens with zero attached hydrogens (tertiary/aromatic N) is 1. The summed E-state index contributed by atoms with van der Waals surface area (Å²) in [6, 6.07) is 0. The molecule has 0 heterocycles. The van der Waals surface area contributed by atoms with Crippen LogP contribution in [0.25, 0.3) is 0 Å². The van der Waals surface area contributed by atoms with Gasteiger partial charge in [0, 0.05) is 14.1 Å². The Hall–Kier alpha value is 0.759. The Balaban J connectivity index is 0. The van der Waals surface area contributed by atoms with E-state index in [-0.39, 0.29) is 17.1 Å². The van der Waals surface area contributed by atoms with E-state index in [0.29, 0.717) is 4.32 Å². The van der Waals surface area contributed by atoms with Crippen LogP contribution in [0.1, 0.15) is 0 Å². The monoisotopic (exact) mass is 176 g/mol. The first kappa shape index (κ1) is 10.7. The third kappa shape index (κ3) is 6.76. The van der Waals surface area contributed by atoms with Gasteiger partial charge in [-0.1, -0.05) is 12.2 Å². The van der Waals surface area contributed by atoms with Gasteiger partial charge in [0.15, 0.2) is 0 Å². The Morgan fingerprint density at radius 2 is 1.71 bits per heavy atom. The predicted octanol–water partition coefficient (Wildman–Crippen LogP) is 0.760. The van der Waals surface area contributed by atoms with E-state index in [2.05, 4.69) is 24.8 Å². The van der Waals surface area contributed by atoms with Gasteiger partial charge in [0.25, 0.3) is 0 Å². The van der Waals surface area contributed by atoms with Crippen molar-refractivity contribution in [3.8, 4) is 0 Å². The van der Waals surface area contributed by atoms with Crippen molar-refractivity contribution in [2.45, 2.75) is 0 Å². The molecule has 0 saturated heterocycles. The summed E-state index contributed by atoms with van der Waals surface area (Å²) >= 11 is 8.46. The molecule has 0 aliphatic carbocycles. The molecule has 0 bridgehead atoms. The second kappa shape index (κ2) is 4.91. The summed E-state index contributed by atoms with van der Waals surface area (Å²) in [6.07, 6.45) is 0. The van der Waals surface area contributed by atoms with E-state index in [0.717, 1.165) is 0 Å². The minimum Gasteiger partial charge on any atom is -0.364 e. The smallest absolute Gasteiger partial charge is 0.364 e. The van der Waals surface area contributed by atoms with Crippen LogP contribution in [0.5, 0.6) is 0 Å². The topological polar surface area (TPSA) is 3.24 Å². The normalized spacial score (nSPS) is 6.71. The Bertz CT molecular complexity index is 64.0. The zero-order valence-corrected chi connectivity index (χ0v) is 7.07. The second-order valence-corrected chi connectivity index (χ2v) is 2.29. The minimum atomic E-state index is 0.